The number of ether oxygens (including phenoxy) is 2. The number of benzene rings is 2. The summed E-state index contributed by atoms with van der Waals surface area (Å²) in [5, 5.41) is 8.76. The van der Waals surface area contributed by atoms with Crippen LogP contribution in [0.25, 0.3) is 6.08 Å². The molecule has 0 atom stereocenters. The molecule has 0 aliphatic carbocycles. The number of methoxy groups -OCH3 is 2. The second kappa shape index (κ2) is 7.09. The van der Waals surface area contributed by atoms with E-state index in [4.69, 9.17) is 14.7 Å². The molecule has 0 unspecified atom stereocenters. The van der Waals surface area contributed by atoms with Crippen molar-refractivity contribution in [3.05, 3.63) is 65.2 Å². The third-order valence-corrected chi connectivity index (χ3v) is 3.14. The summed E-state index contributed by atoms with van der Waals surface area (Å²) < 4.78 is 10.4. The Morgan fingerprint density at radius 1 is 1.05 bits per heavy atom. The van der Waals surface area contributed by atoms with Crippen LogP contribution >= 0.6 is 0 Å². The van der Waals surface area contributed by atoms with Crippen molar-refractivity contribution in [2.24, 2.45) is 0 Å². The van der Waals surface area contributed by atoms with Gasteiger partial charge in [-0.15, -0.1) is 0 Å². The second-order valence-corrected chi connectivity index (χ2v) is 4.47. The van der Waals surface area contributed by atoms with E-state index in [1.807, 2.05) is 0 Å². The molecule has 0 amide bonds. The summed E-state index contributed by atoms with van der Waals surface area (Å²) in [4.78, 5) is 12.4. The highest BCUT2D eigenvalue weighted by Gasteiger charge is 2.15. The Hall–Kier alpha value is -3.06. The molecule has 0 saturated heterocycles. The molecule has 0 N–H and O–H groups in total. The fourth-order valence-electron chi connectivity index (χ4n) is 2.02. The fraction of sp³-hybridized carbons (Fsp3) is 0.111. The van der Waals surface area contributed by atoms with Crippen molar-refractivity contribution in [2.75, 3.05) is 14.2 Å². The quantitative estimate of drug-likeness (QED) is 0.625. The lowest BCUT2D eigenvalue weighted by Crippen LogP contribution is -2.02. The maximum Gasteiger partial charge on any atom is 0.193 e. The number of allylic oxidation sites excluding steroid dienone is 1. The molecule has 4 nitrogen and oxygen atoms in total. The van der Waals surface area contributed by atoms with Crippen LogP contribution in [0.2, 0.25) is 0 Å². The molecule has 0 spiro atoms. The molecule has 0 aromatic heterocycles. The zero-order valence-corrected chi connectivity index (χ0v) is 12.4. The number of rotatable bonds is 5. The molecule has 0 radical (unpaired) electrons. The predicted octanol–water partition coefficient (Wildman–Crippen LogP) is 3.47. The van der Waals surface area contributed by atoms with Gasteiger partial charge in [0.15, 0.2) is 5.78 Å². The number of hydrogen-bond donors (Lipinski definition) is 0. The van der Waals surface area contributed by atoms with E-state index < -0.39 is 0 Å². The summed E-state index contributed by atoms with van der Waals surface area (Å²) in [6.07, 6.45) is 3.15. The van der Waals surface area contributed by atoms with Crippen LogP contribution in [0.5, 0.6) is 11.5 Å². The normalized spacial score (nSPS) is 10.2. The van der Waals surface area contributed by atoms with E-state index >= 15 is 0 Å². The van der Waals surface area contributed by atoms with Gasteiger partial charge in [-0.1, -0.05) is 24.3 Å². The van der Waals surface area contributed by atoms with E-state index in [9.17, 15) is 4.79 Å². The number of ketones is 1. The van der Waals surface area contributed by atoms with Crippen molar-refractivity contribution in [2.45, 2.75) is 0 Å². The Bertz CT molecular complexity index is 718. The molecule has 2 aromatic rings. The third-order valence-electron chi connectivity index (χ3n) is 3.14. The summed E-state index contributed by atoms with van der Waals surface area (Å²) in [5.74, 6) is 0.723. The van der Waals surface area contributed by atoms with Gasteiger partial charge < -0.3 is 9.47 Å². The van der Waals surface area contributed by atoms with Crippen LogP contribution in [0.4, 0.5) is 0 Å². The molecule has 0 fully saturated rings. The average molecular weight is 293 g/mol. The summed E-state index contributed by atoms with van der Waals surface area (Å²) in [6, 6.07) is 14.2. The average Bonchev–Trinajstić information content (AvgIpc) is 2.59. The van der Waals surface area contributed by atoms with Crippen LogP contribution in [0.1, 0.15) is 21.5 Å². The standard InChI is InChI=1S/C18H15NO3/c1-21-16-4-3-5-17(22-2)18(16)15(20)11-10-13-6-8-14(12-19)9-7-13/h3-11H,1-2H3/b11-10+. The first kappa shape index (κ1) is 15.3. The molecule has 2 aromatic carbocycles. The zero-order chi connectivity index (χ0) is 15.9. The molecular weight excluding hydrogens is 278 g/mol. The minimum Gasteiger partial charge on any atom is -0.496 e. The zero-order valence-electron chi connectivity index (χ0n) is 12.4. The first-order valence-electron chi connectivity index (χ1n) is 6.63. The van der Waals surface area contributed by atoms with Gasteiger partial charge in [0.05, 0.1) is 25.9 Å². The minimum atomic E-state index is -0.210. The van der Waals surface area contributed by atoms with Crippen LogP contribution < -0.4 is 9.47 Å². The summed E-state index contributed by atoms with van der Waals surface area (Å²) in [5.41, 5.74) is 1.80. The lowest BCUT2D eigenvalue weighted by atomic mass is 10.1. The number of carbonyl (C=O) groups excluding carboxylic acids is 1. The van der Waals surface area contributed by atoms with Gasteiger partial charge in [-0.2, -0.15) is 5.26 Å². The molecule has 0 heterocycles. The lowest BCUT2D eigenvalue weighted by molar-refractivity contribution is 0.104. The van der Waals surface area contributed by atoms with Gasteiger partial charge >= 0.3 is 0 Å². The molecule has 0 aliphatic rings. The maximum absolute atomic E-state index is 12.4. The van der Waals surface area contributed by atoms with E-state index in [0.717, 1.165) is 5.56 Å². The second-order valence-electron chi connectivity index (χ2n) is 4.47. The molecule has 0 saturated carbocycles. The lowest BCUT2D eigenvalue weighted by Gasteiger charge is -2.10. The first-order chi connectivity index (χ1) is 10.7. The van der Waals surface area contributed by atoms with Crippen molar-refractivity contribution in [1.82, 2.24) is 0 Å². The van der Waals surface area contributed by atoms with Crippen LogP contribution in [-0.4, -0.2) is 20.0 Å². The Morgan fingerprint density at radius 3 is 2.14 bits per heavy atom. The number of carbonyl (C=O) groups is 1. The molecular formula is C18H15NO3. The molecule has 0 bridgehead atoms. The van der Waals surface area contributed by atoms with E-state index in [1.165, 1.54) is 20.3 Å². The summed E-state index contributed by atoms with van der Waals surface area (Å²) in [7, 11) is 3.02. The van der Waals surface area contributed by atoms with Crippen LogP contribution in [0.15, 0.2) is 48.5 Å². The molecule has 2 rings (SSSR count). The Morgan fingerprint density at radius 2 is 1.64 bits per heavy atom. The maximum atomic E-state index is 12.4. The van der Waals surface area contributed by atoms with Gasteiger partial charge in [0.1, 0.15) is 17.1 Å². The Kier molecular flexibility index (Phi) is 4.94. The Labute approximate surface area is 129 Å². The number of hydrogen-bond acceptors (Lipinski definition) is 4. The van der Waals surface area contributed by atoms with Crippen LogP contribution in [0, 0.1) is 11.3 Å². The van der Waals surface area contributed by atoms with Gasteiger partial charge in [-0.25, -0.2) is 0 Å². The topological polar surface area (TPSA) is 59.3 Å². The van der Waals surface area contributed by atoms with Gasteiger partial charge in [0, 0.05) is 0 Å². The van der Waals surface area contributed by atoms with Crippen molar-refractivity contribution in [1.29, 1.82) is 5.26 Å². The molecule has 0 aliphatic heterocycles. The van der Waals surface area contributed by atoms with Gasteiger partial charge in [0.2, 0.25) is 0 Å². The molecule has 4 heteroatoms. The SMILES string of the molecule is COc1cccc(OC)c1C(=O)/C=C/c1ccc(C#N)cc1. The molecule has 22 heavy (non-hydrogen) atoms. The minimum absolute atomic E-state index is 0.210. The highest BCUT2D eigenvalue weighted by molar-refractivity contribution is 6.10. The van der Waals surface area contributed by atoms with Gasteiger partial charge in [0.25, 0.3) is 0 Å². The number of nitrogens with zero attached hydrogens (tertiary/aromatic N) is 1. The smallest absolute Gasteiger partial charge is 0.193 e. The highest BCUT2D eigenvalue weighted by Crippen LogP contribution is 2.29. The largest absolute Gasteiger partial charge is 0.496 e. The van der Waals surface area contributed by atoms with Crippen molar-refractivity contribution >= 4 is 11.9 Å². The van der Waals surface area contributed by atoms with E-state index in [1.54, 1.807) is 48.5 Å². The number of nitriles is 1. The van der Waals surface area contributed by atoms with Crippen molar-refractivity contribution < 1.29 is 14.3 Å². The molecule has 110 valence electrons. The van der Waals surface area contributed by atoms with Crippen molar-refractivity contribution in [3.63, 3.8) is 0 Å². The van der Waals surface area contributed by atoms with Gasteiger partial charge in [-0.3, -0.25) is 4.79 Å². The van der Waals surface area contributed by atoms with E-state index in [-0.39, 0.29) is 5.78 Å². The predicted molar refractivity (Wildman–Crippen MR) is 84.1 cm³/mol. The van der Waals surface area contributed by atoms with E-state index in [0.29, 0.717) is 22.6 Å². The van der Waals surface area contributed by atoms with Crippen LogP contribution in [-0.2, 0) is 0 Å². The van der Waals surface area contributed by atoms with Crippen LogP contribution in [0.3, 0.4) is 0 Å². The fourth-order valence-corrected chi connectivity index (χ4v) is 2.02. The summed E-state index contributed by atoms with van der Waals surface area (Å²) in [6.45, 7) is 0. The van der Waals surface area contributed by atoms with Crippen molar-refractivity contribution in [3.8, 4) is 17.6 Å². The van der Waals surface area contributed by atoms with Gasteiger partial charge in [-0.05, 0) is 35.9 Å². The van der Waals surface area contributed by atoms with E-state index in [2.05, 4.69) is 6.07 Å². The summed E-state index contributed by atoms with van der Waals surface area (Å²) >= 11 is 0. The first-order valence-corrected chi connectivity index (χ1v) is 6.63. The Balaban J connectivity index is 2.28. The monoisotopic (exact) mass is 293 g/mol. The third kappa shape index (κ3) is 3.33. The highest BCUT2D eigenvalue weighted by atomic mass is 16.5.